The Morgan fingerprint density at radius 2 is 1.60 bits per heavy atom. The molecule has 0 aliphatic heterocycles. The van der Waals surface area contributed by atoms with Gasteiger partial charge in [-0.15, -0.1) is 34.9 Å². The third kappa shape index (κ3) is 7.49. The van der Waals surface area contributed by atoms with Crippen LogP contribution in [-0.4, -0.2) is 26.3 Å². The number of nitrogens with zero attached hydrogens (tertiary/aromatic N) is 2. The minimum Gasteiger partial charge on any atom is -0.513 e. The van der Waals surface area contributed by atoms with E-state index in [1.807, 2.05) is 0 Å². The summed E-state index contributed by atoms with van der Waals surface area (Å²) in [5.74, 6) is 0.162. The van der Waals surface area contributed by atoms with Crippen molar-refractivity contribution in [2.45, 2.75) is 47.6 Å². The van der Waals surface area contributed by atoms with E-state index >= 15 is 0 Å². The van der Waals surface area contributed by atoms with Crippen LogP contribution in [-0.2, 0) is 20.1 Å². The topological polar surface area (TPSA) is 66.2 Å². The first-order chi connectivity index (χ1) is 13.7. The molecule has 161 valence electrons. The predicted octanol–water partition coefficient (Wildman–Crippen LogP) is 5.67. The van der Waals surface area contributed by atoms with Gasteiger partial charge in [0, 0.05) is 25.7 Å². The Hall–Kier alpha value is -2.33. The molecule has 5 heteroatoms. The van der Waals surface area contributed by atoms with Crippen molar-refractivity contribution in [2.75, 3.05) is 0 Å². The SMILES string of the molecule is CC(O)=CC(C)O.Cc1[c-]c(-c2cc(-c3c(C)cccc3C)ncn2)cc(C)c1.[Ir]. The van der Waals surface area contributed by atoms with Crippen molar-refractivity contribution in [3.63, 3.8) is 0 Å². The van der Waals surface area contributed by atoms with Gasteiger partial charge in [0.05, 0.1) is 17.6 Å². The van der Waals surface area contributed by atoms with Crippen molar-refractivity contribution >= 4 is 0 Å². The summed E-state index contributed by atoms with van der Waals surface area (Å²) in [6.45, 7) is 11.5. The minimum absolute atomic E-state index is 0. The quantitative estimate of drug-likeness (QED) is 0.309. The molecule has 2 N–H and O–H groups in total. The van der Waals surface area contributed by atoms with E-state index in [1.54, 1.807) is 13.3 Å². The van der Waals surface area contributed by atoms with E-state index in [-0.39, 0.29) is 25.9 Å². The zero-order valence-electron chi connectivity index (χ0n) is 18.3. The van der Waals surface area contributed by atoms with Crippen LogP contribution in [0.15, 0.2) is 54.6 Å². The predicted molar refractivity (Wildman–Crippen MR) is 119 cm³/mol. The molecule has 1 unspecified atom stereocenters. The van der Waals surface area contributed by atoms with E-state index in [2.05, 4.69) is 80.1 Å². The monoisotopic (exact) mass is 582 g/mol. The Bertz CT molecular complexity index is 969. The van der Waals surface area contributed by atoms with Crippen LogP contribution in [0.25, 0.3) is 22.5 Å². The maximum Gasteiger partial charge on any atom is 0.106 e. The first-order valence-electron chi connectivity index (χ1n) is 9.62. The van der Waals surface area contributed by atoms with Crippen molar-refractivity contribution in [3.8, 4) is 22.5 Å². The fourth-order valence-corrected chi connectivity index (χ4v) is 3.24. The molecule has 3 rings (SSSR count). The van der Waals surface area contributed by atoms with Crippen LogP contribution in [0.2, 0.25) is 0 Å². The Morgan fingerprint density at radius 3 is 2.10 bits per heavy atom. The van der Waals surface area contributed by atoms with Crippen LogP contribution in [0.3, 0.4) is 0 Å². The van der Waals surface area contributed by atoms with Crippen LogP contribution in [0.5, 0.6) is 0 Å². The second kappa shape index (κ2) is 11.8. The summed E-state index contributed by atoms with van der Waals surface area (Å²) in [5, 5.41) is 16.9. The second-order valence-electron chi connectivity index (χ2n) is 7.36. The van der Waals surface area contributed by atoms with Gasteiger partial charge in [0.2, 0.25) is 0 Å². The molecule has 3 aromatic rings. The molecule has 0 saturated carbocycles. The number of aliphatic hydroxyl groups excluding tert-OH is 2. The standard InChI is InChI=1S/C20H19N2.C5H10O2.Ir/c1-13-8-14(2)10-17(9-13)18-11-19(22-12-21-18)20-15(3)6-5-7-16(20)4;1-4(6)3-5(2)7;/h5-9,11-12H,1-4H3;3-4,6-7H,1-2H3;/q-1;;. The van der Waals surface area contributed by atoms with Gasteiger partial charge < -0.3 is 10.2 Å². The van der Waals surface area contributed by atoms with Crippen molar-refractivity contribution in [1.82, 2.24) is 9.97 Å². The van der Waals surface area contributed by atoms with Gasteiger partial charge in [0.15, 0.2) is 0 Å². The molecule has 1 radical (unpaired) electrons. The first-order valence-corrected chi connectivity index (χ1v) is 9.62. The number of benzene rings is 2. The summed E-state index contributed by atoms with van der Waals surface area (Å²) in [6.07, 6.45) is 2.46. The molecule has 0 aliphatic carbocycles. The normalized spacial score (nSPS) is 11.8. The Labute approximate surface area is 193 Å². The van der Waals surface area contributed by atoms with Crippen LogP contribution in [0.1, 0.15) is 36.1 Å². The van der Waals surface area contributed by atoms with E-state index in [0.29, 0.717) is 0 Å². The summed E-state index contributed by atoms with van der Waals surface area (Å²) < 4.78 is 0. The fraction of sp³-hybridized carbons (Fsp3) is 0.280. The zero-order chi connectivity index (χ0) is 21.6. The van der Waals surface area contributed by atoms with Crippen LogP contribution >= 0.6 is 0 Å². The van der Waals surface area contributed by atoms with Crippen LogP contribution in [0, 0.1) is 33.8 Å². The zero-order valence-corrected chi connectivity index (χ0v) is 20.7. The van der Waals surface area contributed by atoms with Crippen molar-refractivity contribution < 1.29 is 30.3 Å². The summed E-state index contributed by atoms with van der Waals surface area (Å²) in [5.41, 5.74) is 8.90. The number of rotatable bonds is 3. The van der Waals surface area contributed by atoms with Crippen LogP contribution < -0.4 is 0 Å². The Kier molecular flexibility index (Phi) is 10.1. The molecule has 1 heterocycles. The average Bonchev–Trinajstić information content (AvgIpc) is 2.60. The van der Waals surface area contributed by atoms with Crippen LogP contribution in [0.4, 0.5) is 0 Å². The molecule has 2 aromatic carbocycles. The third-order valence-corrected chi connectivity index (χ3v) is 4.31. The van der Waals surface area contributed by atoms with Gasteiger partial charge in [-0.05, 0) is 50.6 Å². The molecule has 0 bridgehead atoms. The molecule has 30 heavy (non-hydrogen) atoms. The van der Waals surface area contributed by atoms with Gasteiger partial charge in [0.25, 0.3) is 0 Å². The first kappa shape index (κ1) is 25.7. The van der Waals surface area contributed by atoms with Crippen molar-refractivity contribution in [3.05, 3.63) is 82.9 Å². The maximum atomic E-state index is 8.49. The summed E-state index contributed by atoms with van der Waals surface area (Å²) in [7, 11) is 0. The maximum absolute atomic E-state index is 8.49. The molecule has 0 saturated heterocycles. The van der Waals surface area contributed by atoms with Gasteiger partial charge in [-0.25, -0.2) is 4.98 Å². The van der Waals surface area contributed by atoms with E-state index < -0.39 is 6.10 Å². The van der Waals surface area contributed by atoms with E-state index in [1.165, 1.54) is 35.3 Å². The van der Waals surface area contributed by atoms with Gasteiger partial charge in [-0.2, -0.15) is 0 Å². The number of allylic oxidation sites excluding steroid dienone is 1. The number of aliphatic hydroxyl groups is 2. The molecule has 0 aliphatic rings. The van der Waals surface area contributed by atoms with Crippen molar-refractivity contribution in [1.29, 1.82) is 0 Å². The minimum atomic E-state index is -0.537. The molecule has 0 spiro atoms. The van der Waals surface area contributed by atoms with E-state index in [4.69, 9.17) is 10.2 Å². The molecule has 1 aromatic heterocycles. The largest absolute Gasteiger partial charge is 0.513 e. The molecule has 4 nitrogen and oxygen atoms in total. The van der Waals surface area contributed by atoms with E-state index in [9.17, 15) is 0 Å². The van der Waals surface area contributed by atoms with Crippen molar-refractivity contribution in [2.24, 2.45) is 0 Å². The molecular weight excluding hydrogens is 553 g/mol. The Morgan fingerprint density at radius 1 is 1.00 bits per heavy atom. The number of hydrogen-bond acceptors (Lipinski definition) is 4. The summed E-state index contributed by atoms with van der Waals surface area (Å²) in [4.78, 5) is 8.91. The third-order valence-electron chi connectivity index (χ3n) is 4.31. The number of hydrogen-bond donors (Lipinski definition) is 2. The summed E-state index contributed by atoms with van der Waals surface area (Å²) in [6, 6.07) is 16.0. The van der Waals surface area contributed by atoms with Gasteiger partial charge in [-0.1, -0.05) is 38.1 Å². The Balaban J connectivity index is 0.000000489. The van der Waals surface area contributed by atoms with Gasteiger partial charge >= 0.3 is 0 Å². The molecule has 1 atom stereocenters. The number of aromatic nitrogens is 2. The smallest absolute Gasteiger partial charge is 0.106 e. The fourth-order valence-electron chi connectivity index (χ4n) is 3.24. The van der Waals surface area contributed by atoms with Gasteiger partial charge in [0.1, 0.15) is 6.33 Å². The average molecular weight is 582 g/mol. The van der Waals surface area contributed by atoms with Gasteiger partial charge in [-0.3, -0.25) is 4.98 Å². The molecular formula is C25H29IrN2O2-. The number of aryl methyl sites for hydroxylation is 4. The molecule has 0 fully saturated rings. The second-order valence-corrected chi connectivity index (χ2v) is 7.36. The van der Waals surface area contributed by atoms with E-state index in [0.717, 1.165) is 22.5 Å². The molecule has 0 amide bonds. The summed E-state index contributed by atoms with van der Waals surface area (Å²) >= 11 is 0.